The van der Waals surface area contributed by atoms with E-state index in [1.54, 1.807) is 0 Å². The molecule has 56 valence electrons. The second-order valence-corrected chi connectivity index (χ2v) is 7.04. The van der Waals surface area contributed by atoms with Crippen molar-refractivity contribution in [2.24, 2.45) is 0 Å². The van der Waals surface area contributed by atoms with E-state index in [4.69, 9.17) is 11.1 Å². The molecule has 0 aliphatic carbocycles. The standard InChI is InChI=1S/C5H15ClN2Si/c1-4-7-9(3,6)8-5-2/h7-8H,4-5H2,1-3H3. The molecule has 0 aliphatic heterocycles. The molecule has 0 spiro atoms. The van der Waals surface area contributed by atoms with E-state index in [1.807, 2.05) is 6.55 Å². The highest BCUT2D eigenvalue weighted by Gasteiger charge is 2.21. The highest BCUT2D eigenvalue weighted by atomic mass is 35.6. The molecule has 0 saturated heterocycles. The van der Waals surface area contributed by atoms with E-state index in [2.05, 4.69) is 23.8 Å². The first kappa shape index (κ1) is 9.43. The Bertz CT molecular complexity index is 69.4. The highest BCUT2D eigenvalue weighted by molar-refractivity contribution is 7.16. The molecule has 0 rings (SSSR count). The van der Waals surface area contributed by atoms with Crippen LogP contribution in [0.25, 0.3) is 0 Å². The van der Waals surface area contributed by atoms with Crippen molar-refractivity contribution >= 4 is 18.8 Å². The molecule has 0 bridgehead atoms. The Labute approximate surface area is 62.8 Å². The summed E-state index contributed by atoms with van der Waals surface area (Å²) in [6.45, 7) is 8.05. The lowest BCUT2D eigenvalue weighted by Gasteiger charge is -2.19. The summed E-state index contributed by atoms with van der Waals surface area (Å²) in [6.07, 6.45) is 0. The van der Waals surface area contributed by atoms with Crippen LogP contribution in [0.15, 0.2) is 0 Å². The predicted octanol–water partition coefficient (Wildman–Crippen LogP) is 1.01. The van der Waals surface area contributed by atoms with Crippen LogP contribution in [0.3, 0.4) is 0 Å². The van der Waals surface area contributed by atoms with Crippen LogP contribution in [-0.2, 0) is 0 Å². The van der Waals surface area contributed by atoms with Crippen LogP contribution >= 0.6 is 11.1 Å². The average Bonchev–Trinajstić information content (AvgIpc) is 1.64. The molecule has 0 aromatic heterocycles. The lowest BCUT2D eigenvalue weighted by atomic mass is 10.8. The maximum atomic E-state index is 6.05. The SMILES string of the molecule is CCN[Si](C)(Cl)NCC. The minimum Gasteiger partial charge on any atom is -0.314 e. The number of rotatable bonds is 4. The van der Waals surface area contributed by atoms with E-state index in [0.29, 0.717) is 0 Å². The molecule has 2 nitrogen and oxygen atoms in total. The summed E-state index contributed by atoms with van der Waals surface area (Å²) in [5.74, 6) is 0. The first-order valence-electron chi connectivity index (χ1n) is 3.31. The Hall–Kier alpha value is 0.427. The maximum absolute atomic E-state index is 6.05. The Kier molecular flexibility index (Phi) is 4.48. The summed E-state index contributed by atoms with van der Waals surface area (Å²) in [5.41, 5.74) is 0. The van der Waals surface area contributed by atoms with Gasteiger partial charge in [-0.2, -0.15) is 0 Å². The Morgan fingerprint density at radius 3 is 1.78 bits per heavy atom. The van der Waals surface area contributed by atoms with Gasteiger partial charge in [-0.25, -0.2) is 0 Å². The van der Waals surface area contributed by atoms with Crippen LogP contribution in [0, 0.1) is 0 Å². The van der Waals surface area contributed by atoms with E-state index in [-0.39, 0.29) is 0 Å². The highest BCUT2D eigenvalue weighted by Crippen LogP contribution is 1.96. The molecular weight excluding hydrogens is 152 g/mol. The predicted molar refractivity (Wildman–Crippen MR) is 44.8 cm³/mol. The molecule has 9 heavy (non-hydrogen) atoms. The molecule has 2 N–H and O–H groups in total. The van der Waals surface area contributed by atoms with E-state index in [0.717, 1.165) is 13.1 Å². The Morgan fingerprint density at radius 1 is 1.22 bits per heavy atom. The zero-order valence-corrected chi connectivity index (χ0v) is 8.05. The van der Waals surface area contributed by atoms with Gasteiger partial charge in [0.1, 0.15) is 0 Å². The first-order valence-corrected chi connectivity index (χ1v) is 6.82. The Morgan fingerprint density at radius 2 is 1.56 bits per heavy atom. The van der Waals surface area contributed by atoms with Gasteiger partial charge in [0.15, 0.2) is 0 Å². The van der Waals surface area contributed by atoms with Crippen molar-refractivity contribution in [1.82, 2.24) is 9.96 Å². The van der Waals surface area contributed by atoms with Crippen LogP contribution in [0.1, 0.15) is 13.8 Å². The fourth-order valence-electron chi connectivity index (χ4n) is 0.726. The summed E-state index contributed by atoms with van der Waals surface area (Å²) in [6, 6.07) is 0. The second-order valence-electron chi connectivity index (χ2n) is 2.06. The monoisotopic (exact) mass is 166 g/mol. The van der Waals surface area contributed by atoms with E-state index in [1.165, 1.54) is 0 Å². The number of hydrogen-bond acceptors (Lipinski definition) is 2. The Balaban J connectivity index is 3.43. The van der Waals surface area contributed by atoms with Crippen LogP contribution in [0.2, 0.25) is 6.55 Å². The molecular formula is C5H15ClN2Si. The minimum absolute atomic E-state index is 0.944. The summed E-state index contributed by atoms with van der Waals surface area (Å²) in [4.78, 5) is 6.43. The van der Waals surface area contributed by atoms with Crippen LogP contribution in [0.5, 0.6) is 0 Å². The van der Waals surface area contributed by atoms with Gasteiger partial charge in [0.2, 0.25) is 0 Å². The first-order chi connectivity index (χ1) is 4.12. The van der Waals surface area contributed by atoms with E-state index < -0.39 is 7.71 Å². The van der Waals surface area contributed by atoms with Gasteiger partial charge in [-0.1, -0.05) is 13.8 Å². The van der Waals surface area contributed by atoms with Crippen molar-refractivity contribution in [1.29, 1.82) is 0 Å². The van der Waals surface area contributed by atoms with Crippen molar-refractivity contribution in [2.75, 3.05) is 13.1 Å². The minimum atomic E-state index is -1.73. The third kappa shape index (κ3) is 4.90. The fraction of sp³-hybridized carbons (Fsp3) is 1.00. The topological polar surface area (TPSA) is 24.1 Å². The van der Waals surface area contributed by atoms with Gasteiger partial charge < -0.3 is 9.96 Å². The lowest BCUT2D eigenvalue weighted by Crippen LogP contribution is -2.55. The lowest BCUT2D eigenvalue weighted by molar-refractivity contribution is 0.887. The third-order valence-electron chi connectivity index (χ3n) is 1.02. The van der Waals surface area contributed by atoms with Crippen molar-refractivity contribution < 1.29 is 0 Å². The van der Waals surface area contributed by atoms with Crippen LogP contribution < -0.4 is 9.96 Å². The van der Waals surface area contributed by atoms with Gasteiger partial charge in [-0.15, -0.1) is 11.1 Å². The van der Waals surface area contributed by atoms with Crippen LogP contribution in [0.4, 0.5) is 0 Å². The molecule has 4 heteroatoms. The summed E-state index contributed by atoms with van der Waals surface area (Å²) in [5, 5.41) is 0. The molecule has 0 unspecified atom stereocenters. The summed E-state index contributed by atoms with van der Waals surface area (Å²) >= 11 is 6.05. The van der Waals surface area contributed by atoms with Gasteiger partial charge in [-0.05, 0) is 19.6 Å². The largest absolute Gasteiger partial charge is 0.314 e. The van der Waals surface area contributed by atoms with Gasteiger partial charge in [0.25, 0.3) is 7.71 Å². The zero-order chi connectivity index (χ0) is 7.33. The van der Waals surface area contributed by atoms with Crippen molar-refractivity contribution in [3.05, 3.63) is 0 Å². The molecule has 0 aromatic carbocycles. The normalized spacial score (nSPS) is 12.0. The molecule has 0 fully saturated rings. The summed E-state index contributed by atoms with van der Waals surface area (Å²) < 4.78 is 0. The molecule has 0 aromatic rings. The van der Waals surface area contributed by atoms with Crippen LogP contribution in [-0.4, -0.2) is 20.8 Å². The molecule has 0 atom stereocenters. The number of halogens is 1. The molecule has 0 radical (unpaired) electrons. The average molecular weight is 167 g/mol. The van der Waals surface area contributed by atoms with Gasteiger partial charge in [-0.3, -0.25) is 0 Å². The number of hydrogen-bond donors (Lipinski definition) is 2. The maximum Gasteiger partial charge on any atom is 0.299 e. The van der Waals surface area contributed by atoms with Gasteiger partial charge in [0, 0.05) is 0 Å². The van der Waals surface area contributed by atoms with Crippen molar-refractivity contribution in [3.63, 3.8) is 0 Å². The molecule has 0 heterocycles. The van der Waals surface area contributed by atoms with E-state index in [9.17, 15) is 0 Å². The van der Waals surface area contributed by atoms with Gasteiger partial charge in [0.05, 0.1) is 0 Å². The second kappa shape index (κ2) is 4.28. The summed E-state index contributed by atoms with van der Waals surface area (Å²) in [7, 11) is -1.73. The van der Waals surface area contributed by atoms with E-state index >= 15 is 0 Å². The van der Waals surface area contributed by atoms with Crippen molar-refractivity contribution in [3.8, 4) is 0 Å². The quantitative estimate of drug-likeness (QED) is 0.482. The molecule has 0 aliphatic rings. The molecule has 0 saturated carbocycles. The third-order valence-corrected chi connectivity index (χ3v) is 3.85. The number of nitrogens with one attached hydrogen (secondary N) is 2. The molecule has 0 amide bonds. The van der Waals surface area contributed by atoms with Crippen molar-refractivity contribution in [2.45, 2.75) is 20.4 Å². The van der Waals surface area contributed by atoms with Gasteiger partial charge >= 0.3 is 0 Å². The fourth-order valence-corrected chi connectivity index (χ4v) is 2.98. The zero-order valence-electron chi connectivity index (χ0n) is 6.29. The smallest absolute Gasteiger partial charge is 0.299 e.